The largest absolute Gasteiger partial charge is 0.506 e. The van der Waals surface area contributed by atoms with Crippen molar-refractivity contribution in [2.24, 2.45) is 4.99 Å². The summed E-state index contributed by atoms with van der Waals surface area (Å²) in [6, 6.07) is 3.61. The Labute approximate surface area is 132 Å². The topological polar surface area (TPSA) is 59.3 Å². The second-order valence-electron chi connectivity index (χ2n) is 5.53. The maximum absolute atomic E-state index is 9.83. The van der Waals surface area contributed by atoms with Crippen LogP contribution in [0.2, 0.25) is 0 Å². The van der Waals surface area contributed by atoms with Crippen LogP contribution < -0.4 is 0 Å². The van der Waals surface area contributed by atoms with Crippen molar-refractivity contribution in [1.29, 1.82) is 0 Å². The normalized spacial score (nSPS) is 16.6. The summed E-state index contributed by atoms with van der Waals surface area (Å²) in [6.07, 6.45) is 2.63. The van der Waals surface area contributed by atoms with E-state index in [4.69, 9.17) is 5.11 Å². The second-order valence-corrected chi connectivity index (χ2v) is 5.53. The van der Waals surface area contributed by atoms with Gasteiger partial charge in [0.15, 0.2) is 0 Å². The lowest BCUT2D eigenvalue weighted by molar-refractivity contribution is 0.113. The number of aromatic hydroxyl groups is 1. The summed E-state index contributed by atoms with van der Waals surface area (Å²) < 4.78 is 0. The lowest BCUT2D eigenvalue weighted by atomic mass is 10.0. The van der Waals surface area contributed by atoms with Gasteiger partial charge in [0.2, 0.25) is 0 Å². The van der Waals surface area contributed by atoms with Crippen molar-refractivity contribution in [1.82, 2.24) is 9.80 Å². The minimum Gasteiger partial charge on any atom is -0.506 e. The van der Waals surface area contributed by atoms with Gasteiger partial charge in [-0.25, -0.2) is 0 Å². The number of piperazine rings is 1. The number of aliphatic hydroxyl groups is 1. The van der Waals surface area contributed by atoms with Crippen LogP contribution in [0.1, 0.15) is 11.1 Å². The SMILES string of the molecule is C=Cc1c(CCN2CCN(CCO)CC2)ccc(O)c1N=C. The first kappa shape index (κ1) is 16.7. The summed E-state index contributed by atoms with van der Waals surface area (Å²) in [5.74, 6) is 0.145. The van der Waals surface area contributed by atoms with Crippen LogP contribution >= 0.6 is 0 Å². The van der Waals surface area contributed by atoms with Crippen molar-refractivity contribution in [2.75, 3.05) is 45.9 Å². The molecule has 0 aliphatic carbocycles. The van der Waals surface area contributed by atoms with Crippen molar-refractivity contribution < 1.29 is 10.2 Å². The predicted octanol–water partition coefficient (Wildman–Crippen LogP) is 1.52. The van der Waals surface area contributed by atoms with E-state index in [0.717, 1.165) is 56.8 Å². The molecule has 0 aromatic heterocycles. The molecule has 0 saturated carbocycles. The number of nitrogens with zero attached hydrogens (tertiary/aromatic N) is 3. The zero-order valence-corrected chi connectivity index (χ0v) is 13.0. The molecule has 1 aliphatic rings. The third kappa shape index (κ3) is 3.94. The van der Waals surface area contributed by atoms with Crippen LogP contribution in [-0.2, 0) is 6.42 Å². The summed E-state index contributed by atoms with van der Waals surface area (Å²) in [5.41, 5.74) is 2.52. The van der Waals surface area contributed by atoms with Gasteiger partial charge in [-0.2, -0.15) is 0 Å². The Kier molecular flexibility index (Phi) is 6.12. The average Bonchev–Trinajstić information content (AvgIpc) is 2.54. The van der Waals surface area contributed by atoms with Crippen LogP contribution in [0.3, 0.4) is 0 Å². The van der Waals surface area contributed by atoms with Gasteiger partial charge in [0, 0.05) is 44.8 Å². The van der Waals surface area contributed by atoms with Gasteiger partial charge in [-0.1, -0.05) is 18.7 Å². The van der Waals surface area contributed by atoms with Gasteiger partial charge in [0.25, 0.3) is 0 Å². The minimum atomic E-state index is 0.145. The summed E-state index contributed by atoms with van der Waals surface area (Å²) >= 11 is 0. The monoisotopic (exact) mass is 303 g/mol. The Hall–Kier alpha value is -1.69. The smallest absolute Gasteiger partial charge is 0.141 e. The fourth-order valence-electron chi connectivity index (χ4n) is 2.91. The lowest BCUT2D eigenvalue weighted by Gasteiger charge is -2.34. The highest BCUT2D eigenvalue weighted by Crippen LogP contribution is 2.33. The highest BCUT2D eigenvalue weighted by molar-refractivity contribution is 5.73. The first-order valence-corrected chi connectivity index (χ1v) is 7.69. The number of phenolic OH excluding ortho intramolecular Hbond substituents is 1. The van der Waals surface area contributed by atoms with Crippen LogP contribution in [0.15, 0.2) is 23.7 Å². The van der Waals surface area contributed by atoms with Crippen molar-refractivity contribution in [2.45, 2.75) is 6.42 Å². The van der Waals surface area contributed by atoms with E-state index in [1.807, 2.05) is 6.07 Å². The van der Waals surface area contributed by atoms with Gasteiger partial charge in [-0.3, -0.25) is 9.89 Å². The maximum atomic E-state index is 9.83. The maximum Gasteiger partial charge on any atom is 0.141 e. The molecule has 1 aliphatic heterocycles. The molecule has 0 spiro atoms. The molecule has 1 fully saturated rings. The van der Waals surface area contributed by atoms with E-state index in [1.165, 1.54) is 0 Å². The molecule has 2 N–H and O–H groups in total. The minimum absolute atomic E-state index is 0.145. The molecule has 5 heteroatoms. The Bertz CT molecular complexity index is 523. The molecule has 0 amide bonds. The van der Waals surface area contributed by atoms with Crippen LogP contribution in [-0.4, -0.2) is 72.6 Å². The van der Waals surface area contributed by atoms with Gasteiger partial charge >= 0.3 is 0 Å². The van der Waals surface area contributed by atoms with E-state index in [9.17, 15) is 5.11 Å². The zero-order chi connectivity index (χ0) is 15.9. The molecule has 1 heterocycles. The van der Waals surface area contributed by atoms with Crippen LogP contribution in [0.5, 0.6) is 5.75 Å². The first-order chi connectivity index (χ1) is 10.7. The Morgan fingerprint density at radius 1 is 1.14 bits per heavy atom. The molecule has 5 nitrogen and oxygen atoms in total. The summed E-state index contributed by atoms with van der Waals surface area (Å²) in [4.78, 5) is 8.62. The predicted molar refractivity (Wildman–Crippen MR) is 91.1 cm³/mol. The quantitative estimate of drug-likeness (QED) is 0.750. The fraction of sp³-hybridized carbons (Fsp3) is 0.471. The molecule has 2 rings (SSSR count). The second kappa shape index (κ2) is 8.08. The number of hydrogen-bond donors (Lipinski definition) is 2. The number of phenols is 1. The molecule has 120 valence electrons. The van der Waals surface area contributed by atoms with Crippen molar-refractivity contribution in [3.8, 4) is 5.75 Å². The van der Waals surface area contributed by atoms with E-state index in [2.05, 4.69) is 28.1 Å². The average molecular weight is 303 g/mol. The highest BCUT2D eigenvalue weighted by Gasteiger charge is 2.17. The molecule has 1 saturated heterocycles. The number of aliphatic imine (C=N–C) groups is 1. The van der Waals surface area contributed by atoms with Gasteiger partial charge in [0.1, 0.15) is 11.4 Å². The molecular formula is C17H25N3O2. The molecular weight excluding hydrogens is 278 g/mol. The van der Waals surface area contributed by atoms with Gasteiger partial charge < -0.3 is 15.1 Å². The molecule has 1 aromatic carbocycles. The first-order valence-electron chi connectivity index (χ1n) is 7.69. The Morgan fingerprint density at radius 3 is 2.32 bits per heavy atom. The Morgan fingerprint density at radius 2 is 1.77 bits per heavy atom. The van der Waals surface area contributed by atoms with E-state index in [1.54, 1.807) is 12.1 Å². The Balaban J connectivity index is 1.95. The molecule has 0 atom stereocenters. The highest BCUT2D eigenvalue weighted by atomic mass is 16.3. The molecule has 0 unspecified atom stereocenters. The molecule has 0 bridgehead atoms. The third-order valence-electron chi connectivity index (χ3n) is 4.23. The van der Waals surface area contributed by atoms with Crippen LogP contribution in [0, 0.1) is 0 Å². The molecule has 0 radical (unpaired) electrons. The third-order valence-corrected chi connectivity index (χ3v) is 4.23. The summed E-state index contributed by atoms with van der Waals surface area (Å²) in [7, 11) is 0. The molecule has 1 aromatic rings. The zero-order valence-electron chi connectivity index (χ0n) is 13.0. The number of β-amino-alcohol motifs (C(OH)–C–C–N with tert-alkyl or cyclic N) is 1. The van der Waals surface area contributed by atoms with Crippen molar-refractivity contribution in [3.05, 3.63) is 29.8 Å². The summed E-state index contributed by atoms with van der Waals surface area (Å²) in [6.45, 7) is 13.4. The van der Waals surface area contributed by atoms with Crippen molar-refractivity contribution >= 4 is 18.5 Å². The van der Waals surface area contributed by atoms with Crippen LogP contribution in [0.25, 0.3) is 6.08 Å². The van der Waals surface area contributed by atoms with E-state index >= 15 is 0 Å². The van der Waals surface area contributed by atoms with Gasteiger partial charge in [-0.05, 0) is 24.8 Å². The lowest BCUT2D eigenvalue weighted by Crippen LogP contribution is -2.47. The van der Waals surface area contributed by atoms with Crippen molar-refractivity contribution in [3.63, 3.8) is 0 Å². The van der Waals surface area contributed by atoms with E-state index < -0.39 is 0 Å². The number of hydrogen-bond acceptors (Lipinski definition) is 5. The molecule has 22 heavy (non-hydrogen) atoms. The van der Waals surface area contributed by atoms with E-state index in [0.29, 0.717) is 5.69 Å². The summed E-state index contributed by atoms with van der Waals surface area (Å²) in [5, 5.41) is 18.8. The van der Waals surface area contributed by atoms with Crippen LogP contribution in [0.4, 0.5) is 5.69 Å². The number of benzene rings is 1. The van der Waals surface area contributed by atoms with Gasteiger partial charge in [-0.15, -0.1) is 0 Å². The van der Waals surface area contributed by atoms with Gasteiger partial charge in [0.05, 0.1) is 6.61 Å². The van der Waals surface area contributed by atoms with E-state index in [-0.39, 0.29) is 12.4 Å². The standard InChI is InChI=1S/C17H25N3O2/c1-3-15-14(4-5-16(22)17(15)18-2)6-7-19-8-10-20(11-9-19)12-13-21/h3-5,21-22H,1-2,6-13H2. The fourth-order valence-corrected chi connectivity index (χ4v) is 2.91. The number of rotatable bonds is 7. The number of aliphatic hydroxyl groups excluding tert-OH is 1.